The summed E-state index contributed by atoms with van der Waals surface area (Å²) in [6, 6.07) is 7.15. The minimum Gasteiger partial charge on any atom is -0.490 e. The molecule has 0 aromatic heterocycles. The Labute approximate surface area is 118 Å². The first-order chi connectivity index (χ1) is 9.67. The van der Waals surface area contributed by atoms with Crippen molar-refractivity contribution in [1.29, 1.82) is 0 Å². The molecule has 0 aliphatic carbocycles. The zero-order valence-electron chi connectivity index (χ0n) is 11.8. The highest BCUT2D eigenvalue weighted by atomic mass is 16.5. The van der Waals surface area contributed by atoms with Gasteiger partial charge in [-0.1, -0.05) is 12.1 Å². The van der Waals surface area contributed by atoms with E-state index in [0.29, 0.717) is 18.1 Å². The smallest absolute Gasteiger partial charge is 0.258 e. The third-order valence-electron chi connectivity index (χ3n) is 2.40. The molecule has 112 valence electrons. The summed E-state index contributed by atoms with van der Waals surface area (Å²) in [5.41, 5.74) is 0. The van der Waals surface area contributed by atoms with E-state index in [2.05, 4.69) is 5.32 Å². The first-order valence-corrected chi connectivity index (χ1v) is 6.45. The second-order valence-corrected chi connectivity index (χ2v) is 4.08. The fourth-order valence-electron chi connectivity index (χ4n) is 1.52. The predicted octanol–water partition coefficient (Wildman–Crippen LogP) is 0.588. The number of rotatable bonds is 9. The van der Waals surface area contributed by atoms with Crippen LogP contribution in [-0.2, 0) is 9.53 Å². The van der Waals surface area contributed by atoms with Gasteiger partial charge in [-0.25, -0.2) is 0 Å². The molecule has 0 fully saturated rings. The Bertz CT molecular complexity index is 410. The van der Waals surface area contributed by atoms with E-state index in [4.69, 9.17) is 14.2 Å². The van der Waals surface area contributed by atoms with E-state index in [1.54, 1.807) is 18.2 Å². The van der Waals surface area contributed by atoms with Gasteiger partial charge in [-0.15, -0.1) is 0 Å². The molecule has 0 bridgehead atoms. The van der Waals surface area contributed by atoms with Crippen molar-refractivity contribution in [2.24, 2.45) is 0 Å². The number of para-hydroxylation sites is 2. The van der Waals surface area contributed by atoms with Crippen molar-refractivity contribution in [2.45, 2.75) is 13.0 Å². The van der Waals surface area contributed by atoms with Crippen LogP contribution in [0.5, 0.6) is 11.5 Å². The van der Waals surface area contributed by atoms with Crippen LogP contribution >= 0.6 is 0 Å². The molecule has 20 heavy (non-hydrogen) atoms. The van der Waals surface area contributed by atoms with Crippen molar-refractivity contribution in [3.63, 3.8) is 0 Å². The van der Waals surface area contributed by atoms with Crippen LogP contribution in [0.2, 0.25) is 0 Å². The number of aliphatic hydroxyl groups excluding tert-OH is 1. The third kappa shape index (κ3) is 5.90. The van der Waals surface area contributed by atoms with Crippen LogP contribution in [0.15, 0.2) is 24.3 Å². The first-order valence-electron chi connectivity index (χ1n) is 6.45. The van der Waals surface area contributed by atoms with Gasteiger partial charge in [0.05, 0.1) is 19.3 Å². The summed E-state index contributed by atoms with van der Waals surface area (Å²) in [5, 5.41) is 12.0. The molecule has 6 heteroatoms. The van der Waals surface area contributed by atoms with Crippen molar-refractivity contribution in [3.05, 3.63) is 24.3 Å². The van der Waals surface area contributed by atoms with Gasteiger partial charge in [0.2, 0.25) is 0 Å². The number of nitrogens with one attached hydrogen (secondary N) is 1. The maximum absolute atomic E-state index is 11.6. The van der Waals surface area contributed by atoms with Gasteiger partial charge in [0.15, 0.2) is 18.1 Å². The Balaban J connectivity index is 2.37. The third-order valence-corrected chi connectivity index (χ3v) is 2.40. The molecule has 0 spiro atoms. The molecule has 1 atom stereocenters. The van der Waals surface area contributed by atoms with Crippen LogP contribution < -0.4 is 14.8 Å². The lowest BCUT2D eigenvalue weighted by atomic mass is 10.3. The van der Waals surface area contributed by atoms with Crippen LogP contribution in [0.4, 0.5) is 0 Å². The van der Waals surface area contributed by atoms with Crippen LogP contribution in [0.25, 0.3) is 0 Å². The van der Waals surface area contributed by atoms with Gasteiger partial charge in [-0.2, -0.15) is 0 Å². The molecular formula is C14H21NO5. The van der Waals surface area contributed by atoms with E-state index in [-0.39, 0.29) is 25.7 Å². The van der Waals surface area contributed by atoms with Gasteiger partial charge >= 0.3 is 0 Å². The molecule has 1 amide bonds. The molecule has 0 aliphatic heterocycles. The van der Waals surface area contributed by atoms with Crippen LogP contribution in [0.3, 0.4) is 0 Å². The van der Waals surface area contributed by atoms with Crippen LogP contribution in [0, 0.1) is 0 Å². The number of carbonyl (C=O) groups is 1. The maximum Gasteiger partial charge on any atom is 0.258 e. The molecule has 2 N–H and O–H groups in total. The molecule has 0 heterocycles. The van der Waals surface area contributed by atoms with Crippen molar-refractivity contribution in [1.82, 2.24) is 5.32 Å². The second-order valence-electron chi connectivity index (χ2n) is 4.08. The van der Waals surface area contributed by atoms with E-state index < -0.39 is 6.10 Å². The predicted molar refractivity (Wildman–Crippen MR) is 74.0 cm³/mol. The summed E-state index contributed by atoms with van der Waals surface area (Å²) in [4.78, 5) is 11.6. The lowest BCUT2D eigenvalue weighted by molar-refractivity contribution is -0.123. The number of carbonyl (C=O) groups excluding carboxylic acids is 1. The normalized spacial score (nSPS) is 11.8. The Morgan fingerprint density at radius 1 is 1.30 bits per heavy atom. The molecule has 1 aromatic rings. The molecule has 0 aliphatic rings. The lowest BCUT2D eigenvalue weighted by Crippen LogP contribution is -2.37. The van der Waals surface area contributed by atoms with E-state index in [9.17, 15) is 9.90 Å². The number of hydrogen-bond acceptors (Lipinski definition) is 5. The van der Waals surface area contributed by atoms with E-state index >= 15 is 0 Å². The Kier molecular flexibility index (Phi) is 7.46. The molecular weight excluding hydrogens is 262 g/mol. The van der Waals surface area contributed by atoms with Crippen molar-refractivity contribution < 1.29 is 24.1 Å². The highest BCUT2D eigenvalue weighted by molar-refractivity contribution is 5.77. The lowest BCUT2D eigenvalue weighted by Gasteiger charge is -2.13. The summed E-state index contributed by atoms with van der Waals surface area (Å²) >= 11 is 0. The van der Waals surface area contributed by atoms with Crippen molar-refractivity contribution in [2.75, 3.05) is 33.5 Å². The van der Waals surface area contributed by atoms with Gasteiger partial charge in [0, 0.05) is 13.7 Å². The Hall–Kier alpha value is -1.79. The Morgan fingerprint density at radius 3 is 2.55 bits per heavy atom. The highest BCUT2D eigenvalue weighted by Crippen LogP contribution is 2.26. The van der Waals surface area contributed by atoms with Gasteiger partial charge < -0.3 is 24.6 Å². The number of ether oxygens (including phenoxy) is 3. The van der Waals surface area contributed by atoms with Gasteiger partial charge in [0.25, 0.3) is 5.91 Å². The molecule has 0 radical (unpaired) electrons. The van der Waals surface area contributed by atoms with Crippen molar-refractivity contribution in [3.8, 4) is 11.5 Å². The summed E-state index contributed by atoms with van der Waals surface area (Å²) in [6.45, 7) is 2.57. The second kappa shape index (κ2) is 9.17. The summed E-state index contributed by atoms with van der Waals surface area (Å²) in [5.74, 6) is 0.801. The molecule has 1 unspecified atom stereocenters. The Morgan fingerprint density at radius 2 is 1.95 bits per heavy atom. The maximum atomic E-state index is 11.6. The fourth-order valence-corrected chi connectivity index (χ4v) is 1.52. The van der Waals surface area contributed by atoms with Gasteiger partial charge in [-0.05, 0) is 19.1 Å². The highest BCUT2D eigenvalue weighted by Gasteiger charge is 2.09. The molecule has 6 nitrogen and oxygen atoms in total. The van der Waals surface area contributed by atoms with E-state index in [0.717, 1.165) is 0 Å². The minimum atomic E-state index is -0.723. The summed E-state index contributed by atoms with van der Waals surface area (Å²) < 4.78 is 15.5. The molecule has 1 rings (SSSR count). The first kappa shape index (κ1) is 16.3. The number of amides is 1. The molecule has 0 saturated heterocycles. The molecule has 1 aromatic carbocycles. The number of methoxy groups -OCH3 is 1. The average Bonchev–Trinajstić information content (AvgIpc) is 2.45. The van der Waals surface area contributed by atoms with Crippen LogP contribution in [-0.4, -0.2) is 50.6 Å². The zero-order valence-corrected chi connectivity index (χ0v) is 11.8. The van der Waals surface area contributed by atoms with Crippen molar-refractivity contribution >= 4 is 5.91 Å². The summed E-state index contributed by atoms with van der Waals surface area (Å²) in [6.07, 6.45) is -0.723. The fraction of sp³-hybridized carbons (Fsp3) is 0.500. The average molecular weight is 283 g/mol. The quantitative estimate of drug-likeness (QED) is 0.693. The monoisotopic (exact) mass is 283 g/mol. The SMILES string of the molecule is CCOc1ccccc1OCC(=O)NCC(O)COC. The number of hydrogen-bond donors (Lipinski definition) is 2. The van der Waals surface area contributed by atoms with E-state index in [1.165, 1.54) is 7.11 Å². The minimum absolute atomic E-state index is 0.128. The van der Waals surface area contributed by atoms with Crippen LogP contribution in [0.1, 0.15) is 6.92 Å². The summed E-state index contributed by atoms with van der Waals surface area (Å²) in [7, 11) is 1.48. The zero-order chi connectivity index (χ0) is 14.8. The standard InChI is InChI=1S/C14H21NO5/c1-3-19-12-6-4-5-7-13(12)20-10-14(17)15-8-11(16)9-18-2/h4-7,11,16H,3,8-10H2,1-2H3,(H,15,17). The number of benzene rings is 1. The van der Waals surface area contributed by atoms with E-state index in [1.807, 2.05) is 13.0 Å². The topological polar surface area (TPSA) is 77.0 Å². The van der Waals surface area contributed by atoms with Gasteiger partial charge in [0.1, 0.15) is 0 Å². The molecule has 0 saturated carbocycles. The van der Waals surface area contributed by atoms with Gasteiger partial charge in [-0.3, -0.25) is 4.79 Å². The largest absolute Gasteiger partial charge is 0.490 e. The number of aliphatic hydroxyl groups is 1.